The van der Waals surface area contributed by atoms with Crippen molar-refractivity contribution in [3.63, 3.8) is 0 Å². The molecule has 1 atom stereocenters. The van der Waals surface area contributed by atoms with Gasteiger partial charge in [0.1, 0.15) is 5.75 Å². The summed E-state index contributed by atoms with van der Waals surface area (Å²) in [6.07, 6.45) is 5.51. The lowest BCUT2D eigenvalue weighted by atomic mass is 10.0. The Kier molecular flexibility index (Phi) is 7.93. The predicted octanol–water partition coefficient (Wildman–Crippen LogP) is 5.15. The minimum absolute atomic E-state index is 0.0402. The number of rotatable bonds is 9. The number of hydrogen-bond acceptors (Lipinski definition) is 4. The van der Waals surface area contributed by atoms with Gasteiger partial charge in [-0.1, -0.05) is 51.3 Å². The Labute approximate surface area is 155 Å². The molecule has 1 heterocycles. The van der Waals surface area contributed by atoms with Crippen molar-refractivity contribution in [3.8, 4) is 5.75 Å². The lowest BCUT2D eigenvalue weighted by Gasteiger charge is -2.24. The molecular formula is C21H28N2O3. The van der Waals surface area contributed by atoms with Gasteiger partial charge < -0.3 is 9.84 Å². The summed E-state index contributed by atoms with van der Waals surface area (Å²) in [6.45, 7) is 4.90. The van der Waals surface area contributed by atoms with Crippen LogP contribution in [0, 0.1) is 5.92 Å². The minimum Gasteiger partial charge on any atom is -0.506 e. The van der Waals surface area contributed by atoms with E-state index in [-0.39, 0.29) is 12.3 Å². The highest BCUT2D eigenvalue weighted by Crippen LogP contribution is 2.28. The Balaban J connectivity index is 2.12. The van der Waals surface area contributed by atoms with Crippen molar-refractivity contribution in [2.75, 3.05) is 11.5 Å². The summed E-state index contributed by atoms with van der Waals surface area (Å²) in [6, 6.07) is 12.3. The third-order valence-electron chi connectivity index (χ3n) is 4.42. The van der Waals surface area contributed by atoms with E-state index >= 15 is 0 Å². The van der Waals surface area contributed by atoms with Crippen molar-refractivity contribution < 1.29 is 14.6 Å². The smallest absolute Gasteiger partial charge is 0.414 e. The summed E-state index contributed by atoms with van der Waals surface area (Å²) in [5, 5.41) is 10.2. The summed E-state index contributed by atoms with van der Waals surface area (Å²) in [5.74, 6) is 0.401. The molecule has 1 N–H and O–H groups in total. The zero-order valence-corrected chi connectivity index (χ0v) is 15.6. The fourth-order valence-electron chi connectivity index (χ4n) is 2.76. The number of unbranched alkanes of at least 4 members (excludes halogenated alkanes) is 1. The molecule has 1 aromatic heterocycles. The first kappa shape index (κ1) is 19.8. The van der Waals surface area contributed by atoms with Gasteiger partial charge in [-0.05, 0) is 36.6 Å². The lowest BCUT2D eigenvalue weighted by molar-refractivity contribution is 0.128. The Hall–Kier alpha value is -2.56. The lowest BCUT2D eigenvalue weighted by Crippen LogP contribution is -2.32. The average molecular weight is 356 g/mol. The van der Waals surface area contributed by atoms with Gasteiger partial charge in [-0.3, -0.25) is 9.88 Å². The third-order valence-corrected chi connectivity index (χ3v) is 4.42. The van der Waals surface area contributed by atoms with Crippen molar-refractivity contribution in [1.29, 1.82) is 0 Å². The summed E-state index contributed by atoms with van der Waals surface area (Å²) < 4.78 is 5.58. The second-order valence-corrected chi connectivity index (χ2v) is 6.39. The van der Waals surface area contributed by atoms with Crippen molar-refractivity contribution >= 4 is 11.8 Å². The Morgan fingerprint density at radius 2 is 1.96 bits per heavy atom. The highest BCUT2D eigenvalue weighted by molar-refractivity contribution is 5.89. The molecule has 140 valence electrons. The Morgan fingerprint density at radius 1 is 1.19 bits per heavy atom. The number of aromatic hydroxyl groups is 1. The first-order valence-corrected chi connectivity index (χ1v) is 9.27. The van der Waals surface area contributed by atoms with Crippen LogP contribution in [0.5, 0.6) is 5.75 Å². The van der Waals surface area contributed by atoms with Gasteiger partial charge >= 0.3 is 6.09 Å². The molecule has 1 aromatic carbocycles. The average Bonchev–Trinajstić information content (AvgIpc) is 2.67. The van der Waals surface area contributed by atoms with Gasteiger partial charge in [0.05, 0.1) is 24.5 Å². The maximum absolute atomic E-state index is 12.8. The molecule has 0 spiro atoms. The molecule has 0 fully saturated rings. The van der Waals surface area contributed by atoms with Crippen LogP contribution < -0.4 is 4.90 Å². The standard InChI is InChI=1S/C21H28N2O3/c1-3-5-10-17(4-2)16-26-21(25)23(15-18-11-8-9-14-22-18)19-12-6-7-13-20(19)24/h6-9,11-14,17,24H,3-5,10,15-16H2,1-2H3. The molecule has 2 rings (SSSR count). The molecule has 5 heteroatoms. The zero-order valence-electron chi connectivity index (χ0n) is 15.6. The van der Waals surface area contributed by atoms with E-state index < -0.39 is 6.09 Å². The number of pyridine rings is 1. The fourth-order valence-corrected chi connectivity index (χ4v) is 2.76. The van der Waals surface area contributed by atoms with Crippen LogP contribution >= 0.6 is 0 Å². The van der Waals surface area contributed by atoms with Crippen molar-refractivity contribution in [2.24, 2.45) is 5.92 Å². The van der Waals surface area contributed by atoms with Crippen LogP contribution in [0.4, 0.5) is 10.5 Å². The van der Waals surface area contributed by atoms with Gasteiger partial charge in [0, 0.05) is 6.20 Å². The highest BCUT2D eigenvalue weighted by atomic mass is 16.6. The van der Waals surface area contributed by atoms with E-state index in [1.165, 1.54) is 4.90 Å². The van der Waals surface area contributed by atoms with E-state index in [0.717, 1.165) is 31.4 Å². The van der Waals surface area contributed by atoms with Crippen LogP contribution in [0.25, 0.3) is 0 Å². The summed E-state index contributed by atoms with van der Waals surface area (Å²) >= 11 is 0. The van der Waals surface area contributed by atoms with Crippen molar-refractivity contribution in [3.05, 3.63) is 54.4 Å². The number of carbonyl (C=O) groups is 1. The number of amides is 1. The number of phenols is 1. The molecule has 5 nitrogen and oxygen atoms in total. The number of hydrogen-bond donors (Lipinski definition) is 1. The third kappa shape index (κ3) is 5.76. The molecule has 0 aliphatic rings. The Bertz CT molecular complexity index is 676. The van der Waals surface area contributed by atoms with Gasteiger partial charge in [0.25, 0.3) is 0 Å². The maximum atomic E-state index is 12.8. The van der Waals surface area contributed by atoms with Crippen LogP contribution in [0.15, 0.2) is 48.7 Å². The van der Waals surface area contributed by atoms with Crippen LogP contribution in [-0.2, 0) is 11.3 Å². The van der Waals surface area contributed by atoms with Crippen molar-refractivity contribution in [1.82, 2.24) is 4.98 Å². The predicted molar refractivity (Wildman–Crippen MR) is 103 cm³/mol. The largest absolute Gasteiger partial charge is 0.506 e. The molecule has 1 unspecified atom stereocenters. The maximum Gasteiger partial charge on any atom is 0.414 e. The Morgan fingerprint density at radius 3 is 2.62 bits per heavy atom. The quantitative estimate of drug-likeness (QED) is 0.675. The summed E-state index contributed by atoms with van der Waals surface area (Å²) in [7, 11) is 0. The van der Waals surface area contributed by atoms with Crippen LogP contribution in [0.2, 0.25) is 0 Å². The van der Waals surface area contributed by atoms with Crippen molar-refractivity contribution in [2.45, 2.75) is 46.1 Å². The molecular weight excluding hydrogens is 328 g/mol. The first-order chi connectivity index (χ1) is 12.7. The van der Waals surface area contributed by atoms with E-state index in [1.807, 2.05) is 18.2 Å². The summed E-state index contributed by atoms with van der Waals surface area (Å²) in [5.41, 5.74) is 1.15. The van der Waals surface area contributed by atoms with E-state index in [0.29, 0.717) is 18.2 Å². The van der Waals surface area contributed by atoms with Gasteiger partial charge in [0.2, 0.25) is 0 Å². The van der Waals surface area contributed by atoms with Crippen LogP contribution in [0.1, 0.15) is 45.2 Å². The van der Waals surface area contributed by atoms with Gasteiger partial charge in [-0.25, -0.2) is 4.79 Å². The summed E-state index contributed by atoms with van der Waals surface area (Å²) in [4.78, 5) is 18.5. The number of aromatic nitrogens is 1. The molecule has 26 heavy (non-hydrogen) atoms. The number of ether oxygens (including phenoxy) is 1. The number of carbonyl (C=O) groups excluding carboxylic acids is 1. The SMILES string of the molecule is CCCCC(CC)COC(=O)N(Cc1ccccn1)c1ccccc1O. The number of phenolic OH excluding ortho intramolecular Hbond substituents is 1. The van der Waals surface area contributed by atoms with E-state index in [2.05, 4.69) is 18.8 Å². The van der Waals surface area contributed by atoms with Gasteiger partial charge in [-0.15, -0.1) is 0 Å². The zero-order chi connectivity index (χ0) is 18.8. The monoisotopic (exact) mass is 356 g/mol. The molecule has 0 radical (unpaired) electrons. The van der Waals surface area contributed by atoms with Crippen LogP contribution in [-0.4, -0.2) is 22.8 Å². The number of nitrogens with zero attached hydrogens (tertiary/aromatic N) is 2. The minimum atomic E-state index is -0.466. The van der Waals surface area contributed by atoms with E-state index in [4.69, 9.17) is 4.74 Å². The number of para-hydroxylation sites is 2. The van der Waals surface area contributed by atoms with Crippen LogP contribution in [0.3, 0.4) is 0 Å². The van der Waals surface area contributed by atoms with E-state index in [1.54, 1.807) is 30.5 Å². The number of benzene rings is 1. The highest BCUT2D eigenvalue weighted by Gasteiger charge is 2.22. The molecule has 1 amide bonds. The van der Waals surface area contributed by atoms with Gasteiger partial charge in [-0.2, -0.15) is 0 Å². The molecule has 0 saturated heterocycles. The topological polar surface area (TPSA) is 62.7 Å². The molecule has 0 bridgehead atoms. The molecule has 2 aromatic rings. The first-order valence-electron chi connectivity index (χ1n) is 9.27. The van der Waals surface area contributed by atoms with Gasteiger partial charge in [0.15, 0.2) is 0 Å². The molecule has 0 saturated carbocycles. The number of anilines is 1. The van der Waals surface area contributed by atoms with E-state index in [9.17, 15) is 9.90 Å². The molecule has 0 aliphatic carbocycles. The fraction of sp³-hybridized carbons (Fsp3) is 0.429. The second-order valence-electron chi connectivity index (χ2n) is 6.39. The normalized spacial score (nSPS) is 11.8. The second kappa shape index (κ2) is 10.4. The molecule has 0 aliphatic heterocycles.